The maximum atomic E-state index is 13.5. The van der Waals surface area contributed by atoms with Crippen LogP contribution in [0.4, 0.5) is 5.82 Å². The molecule has 0 radical (unpaired) electrons. The number of hydrogen-bond donors (Lipinski definition) is 1. The van der Waals surface area contributed by atoms with Crippen molar-refractivity contribution < 1.29 is 14.7 Å². The van der Waals surface area contributed by atoms with Crippen molar-refractivity contribution in [3.63, 3.8) is 0 Å². The average molecular weight is 506 g/mol. The van der Waals surface area contributed by atoms with Gasteiger partial charge in [-0.25, -0.2) is 4.98 Å². The monoisotopic (exact) mass is 505 g/mol. The molecule has 2 rings (SSSR count). The molecule has 6 nitrogen and oxygen atoms in total. The molecule has 1 aromatic rings. The molecule has 1 amide bonds. The van der Waals surface area contributed by atoms with E-state index in [1.807, 2.05) is 24.1 Å². The fourth-order valence-corrected chi connectivity index (χ4v) is 5.85. The van der Waals surface area contributed by atoms with Crippen LogP contribution in [0.15, 0.2) is 17.2 Å². The molecule has 1 N–H and O–H groups in total. The number of amides is 1. The predicted octanol–water partition coefficient (Wildman–Crippen LogP) is 6.59. The van der Waals surface area contributed by atoms with Crippen molar-refractivity contribution in [2.75, 3.05) is 30.8 Å². The molecule has 0 saturated carbocycles. The number of hydrogen-bond acceptors (Lipinski definition) is 5. The van der Waals surface area contributed by atoms with E-state index in [1.54, 1.807) is 11.8 Å². The number of aromatic nitrogens is 1. The number of anilines is 1. The van der Waals surface area contributed by atoms with Gasteiger partial charge in [-0.1, -0.05) is 34.1 Å². The molecule has 198 valence electrons. The lowest BCUT2D eigenvalue weighted by molar-refractivity contribution is -0.138. The van der Waals surface area contributed by atoms with Gasteiger partial charge in [-0.2, -0.15) is 0 Å². The summed E-state index contributed by atoms with van der Waals surface area (Å²) in [6.45, 7) is 12.7. The van der Waals surface area contributed by atoms with E-state index in [9.17, 15) is 14.7 Å². The summed E-state index contributed by atoms with van der Waals surface area (Å²) in [6.07, 6.45) is 7.70. The Hall–Kier alpha value is -1.76. The minimum Gasteiger partial charge on any atom is -0.481 e. The molecule has 1 aliphatic rings. The summed E-state index contributed by atoms with van der Waals surface area (Å²) in [6, 6.07) is 4.05. The SMILES string of the molecule is CCCSc1nc(N2CCCC(CC(=O)O)C2)ccc1C(=O)N(C)C(C)CCC(CC)CC(C)C. The van der Waals surface area contributed by atoms with Crippen LogP contribution >= 0.6 is 11.8 Å². The van der Waals surface area contributed by atoms with E-state index in [4.69, 9.17) is 4.98 Å². The normalized spacial score (nSPS) is 17.9. The molecule has 1 aromatic heterocycles. The maximum absolute atomic E-state index is 13.5. The van der Waals surface area contributed by atoms with E-state index in [0.717, 1.165) is 55.2 Å². The minimum absolute atomic E-state index is 0.0365. The number of pyridine rings is 1. The molecule has 0 aliphatic carbocycles. The van der Waals surface area contributed by atoms with E-state index in [2.05, 4.69) is 39.5 Å². The van der Waals surface area contributed by atoms with Crippen LogP contribution in [0, 0.1) is 17.8 Å². The third-order valence-corrected chi connectivity index (χ3v) is 8.38. The first-order valence-corrected chi connectivity index (χ1v) is 14.5. The Labute approximate surface area is 217 Å². The van der Waals surface area contributed by atoms with Crippen LogP contribution in [0.5, 0.6) is 0 Å². The van der Waals surface area contributed by atoms with Crippen molar-refractivity contribution in [2.24, 2.45) is 17.8 Å². The van der Waals surface area contributed by atoms with Crippen molar-refractivity contribution in [1.82, 2.24) is 9.88 Å². The zero-order valence-electron chi connectivity index (χ0n) is 22.8. The number of nitrogens with zero attached hydrogens (tertiary/aromatic N) is 3. The van der Waals surface area contributed by atoms with Crippen molar-refractivity contribution in [3.05, 3.63) is 17.7 Å². The summed E-state index contributed by atoms with van der Waals surface area (Å²) in [5.41, 5.74) is 0.676. The van der Waals surface area contributed by atoms with E-state index in [-0.39, 0.29) is 24.3 Å². The van der Waals surface area contributed by atoms with Crippen LogP contribution in [0.1, 0.15) is 96.3 Å². The highest BCUT2D eigenvalue weighted by molar-refractivity contribution is 7.99. The summed E-state index contributed by atoms with van der Waals surface area (Å²) in [5, 5.41) is 9.99. The van der Waals surface area contributed by atoms with E-state index < -0.39 is 5.97 Å². The number of carboxylic acid groups (broad SMARTS) is 1. The van der Waals surface area contributed by atoms with Crippen LogP contribution in [-0.4, -0.2) is 58.8 Å². The van der Waals surface area contributed by atoms with Gasteiger partial charge in [-0.05, 0) is 81.1 Å². The number of carboxylic acids is 1. The van der Waals surface area contributed by atoms with Crippen molar-refractivity contribution >= 4 is 29.5 Å². The Morgan fingerprint density at radius 2 is 1.97 bits per heavy atom. The lowest BCUT2D eigenvalue weighted by atomic mass is 9.89. The first-order valence-electron chi connectivity index (χ1n) is 13.5. The van der Waals surface area contributed by atoms with Crippen LogP contribution in [-0.2, 0) is 4.79 Å². The molecule has 0 spiro atoms. The first-order chi connectivity index (χ1) is 16.7. The number of carbonyl (C=O) groups excluding carboxylic acids is 1. The zero-order chi connectivity index (χ0) is 26.0. The van der Waals surface area contributed by atoms with Gasteiger partial charge in [0, 0.05) is 32.6 Å². The summed E-state index contributed by atoms with van der Waals surface area (Å²) in [5.74, 6) is 2.62. The molecule has 0 bridgehead atoms. The number of rotatable bonds is 14. The van der Waals surface area contributed by atoms with Crippen molar-refractivity contribution in [3.8, 4) is 0 Å². The second-order valence-electron chi connectivity index (χ2n) is 10.7. The largest absolute Gasteiger partial charge is 0.481 e. The van der Waals surface area contributed by atoms with Gasteiger partial charge in [0.25, 0.3) is 5.91 Å². The maximum Gasteiger partial charge on any atom is 0.303 e. The topological polar surface area (TPSA) is 73.7 Å². The van der Waals surface area contributed by atoms with Gasteiger partial charge < -0.3 is 14.9 Å². The Kier molecular flexibility index (Phi) is 12.4. The first kappa shape index (κ1) is 29.5. The Balaban J connectivity index is 2.14. The molecule has 2 heterocycles. The van der Waals surface area contributed by atoms with E-state index >= 15 is 0 Å². The molecule has 7 heteroatoms. The highest BCUT2D eigenvalue weighted by atomic mass is 32.2. The van der Waals surface area contributed by atoms with Gasteiger partial charge in [-0.15, -0.1) is 11.8 Å². The zero-order valence-corrected chi connectivity index (χ0v) is 23.6. The van der Waals surface area contributed by atoms with Crippen LogP contribution in [0.3, 0.4) is 0 Å². The van der Waals surface area contributed by atoms with Crippen LogP contribution < -0.4 is 4.90 Å². The molecule has 1 fully saturated rings. The second-order valence-corrected chi connectivity index (χ2v) is 11.8. The fraction of sp³-hybridized carbons (Fsp3) is 0.750. The molecule has 35 heavy (non-hydrogen) atoms. The molecule has 3 unspecified atom stereocenters. The van der Waals surface area contributed by atoms with Gasteiger partial charge in [0.2, 0.25) is 0 Å². The van der Waals surface area contributed by atoms with Crippen molar-refractivity contribution in [2.45, 2.75) is 97.1 Å². The third-order valence-electron chi connectivity index (χ3n) is 7.18. The summed E-state index contributed by atoms with van der Waals surface area (Å²) >= 11 is 1.64. The minimum atomic E-state index is -0.739. The average Bonchev–Trinajstić information content (AvgIpc) is 2.83. The Morgan fingerprint density at radius 3 is 2.60 bits per heavy atom. The lowest BCUT2D eigenvalue weighted by Crippen LogP contribution is -2.37. The molecule has 1 aliphatic heterocycles. The number of carbonyl (C=O) groups is 2. The highest BCUT2D eigenvalue weighted by Gasteiger charge is 2.26. The van der Waals surface area contributed by atoms with Crippen LogP contribution in [0.2, 0.25) is 0 Å². The Bertz CT molecular complexity index is 817. The van der Waals surface area contributed by atoms with E-state index in [1.165, 1.54) is 12.8 Å². The highest BCUT2D eigenvalue weighted by Crippen LogP contribution is 2.30. The van der Waals surface area contributed by atoms with Gasteiger partial charge in [0.15, 0.2) is 0 Å². The predicted molar refractivity (Wildman–Crippen MR) is 146 cm³/mol. The molecular weight excluding hydrogens is 458 g/mol. The summed E-state index contributed by atoms with van der Waals surface area (Å²) in [4.78, 5) is 33.7. The van der Waals surface area contributed by atoms with E-state index in [0.29, 0.717) is 23.9 Å². The molecular formula is C28H47N3O3S. The second kappa shape index (κ2) is 14.7. The summed E-state index contributed by atoms with van der Waals surface area (Å²) < 4.78 is 0. The quantitative estimate of drug-likeness (QED) is 0.288. The van der Waals surface area contributed by atoms with Crippen molar-refractivity contribution in [1.29, 1.82) is 0 Å². The lowest BCUT2D eigenvalue weighted by Gasteiger charge is -2.33. The third kappa shape index (κ3) is 9.32. The fourth-order valence-electron chi connectivity index (χ4n) is 4.98. The van der Waals surface area contributed by atoms with Gasteiger partial charge in [0.1, 0.15) is 10.8 Å². The summed E-state index contributed by atoms with van der Waals surface area (Å²) in [7, 11) is 1.92. The number of piperidine rings is 1. The van der Waals surface area contributed by atoms with Gasteiger partial charge >= 0.3 is 5.97 Å². The Morgan fingerprint density at radius 1 is 1.23 bits per heavy atom. The standard InChI is InChI=1S/C28H47N3O3S/c1-7-16-35-27-24(28(34)30(6)21(5)11-12-22(8-2)17-20(3)4)13-14-25(29-27)31-15-9-10-23(19-31)18-26(32)33/h13-14,20-23H,7-12,15-19H2,1-6H3,(H,32,33). The molecule has 1 saturated heterocycles. The number of aliphatic carboxylic acids is 1. The van der Waals surface area contributed by atoms with Gasteiger partial charge in [0.05, 0.1) is 5.56 Å². The smallest absolute Gasteiger partial charge is 0.303 e. The number of thioether (sulfide) groups is 1. The molecule has 0 aromatic carbocycles. The van der Waals surface area contributed by atoms with Gasteiger partial charge in [-0.3, -0.25) is 9.59 Å². The van der Waals surface area contributed by atoms with Crippen LogP contribution in [0.25, 0.3) is 0 Å². The molecule has 3 atom stereocenters.